The third-order valence-corrected chi connectivity index (χ3v) is 7.61. The number of pyridine rings is 1. The molecule has 0 bridgehead atoms. The molecular formula is C26H30N4OS. The molecule has 1 atom stereocenters. The maximum absolute atomic E-state index is 5.30. The Morgan fingerprint density at radius 3 is 2.81 bits per heavy atom. The van der Waals surface area contributed by atoms with Crippen molar-refractivity contribution in [2.45, 2.75) is 32.2 Å². The van der Waals surface area contributed by atoms with Crippen LogP contribution in [0.3, 0.4) is 0 Å². The minimum Gasteiger partial charge on any atom is -0.497 e. The fourth-order valence-electron chi connectivity index (χ4n) is 4.77. The molecule has 1 aliphatic heterocycles. The van der Waals surface area contributed by atoms with Gasteiger partial charge in [-0.05, 0) is 55.8 Å². The van der Waals surface area contributed by atoms with Crippen LogP contribution in [0.1, 0.15) is 27.6 Å². The van der Waals surface area contributed by atoms with Crippen LogP contribution in [0.2, 0.25) is 0 Å². The maximum atomic E-state index is 5.30. The van der Waals surface area contributed by atoms with Gasteiger partial charge in [0.15, 0.2) is 0 Å². The van der Waals surface area contributed by atoms with Crippen molar-refractivity contribution in [3.63, 3.8) is 0 Å². The summed E-state index contributed by atoms with van der Waals surface area (Å²) in [5.41, 5.74) is 3.72. The Balaban J connectivity index is 1.44. The molecule has 0 amide bonds. The number of methoxy groups -OCH3 is 1. The average molecular weight is 447 g/mol. The Morgan fingerprint density at radius 2 is 2.00 bits per heavy atom. The zero-order chi connectivity index (χ0) is 22.1. The van der Waals surface area contributed by atoms with E-state index in [0.29, 0.717) is 6.04 Å². The average Bonchev–Trinajstić information content (AvgIpc) is 3.11. The van der Waals surface area contributed by atoms with Gasteiger partial charge in [0.2, 0.25) is 0 Å². The van der Waals surface area contributed by atoms with Crippen molar-refractivity contribution in [1.82, 2.24) is 19.8 Å². The van der Waals surface area contributed by atoms with Crippen LogP contribution in [0.4, 0.5) is 0 Å². The quantitative estimate of drug-likeness (QED) is 0.603. The zero-order valence-corrected chi connectivity index (χ0v) is 19.9. The molecule has 2 aromatic heterocycles. The molecule has 1 aliphatic carbocycles. The molecule has 0 N–H and O–H groups in total. The minimum absolute atomic E-state index is 0.487. The first-order valence-electron chi connectivity index (χ1n) is 11.3. The van der Waals surface area contributed by atoms with Gasteiger partial charge < -0.3 is 9.64 Å². The highest BCUT2D eigenvalue weighted by Crippen LogP contribution is 2.29. The Kier molecular flexibility index (Phi) is 5.98. The van der Waals surface area contributed by atoms with Gasteiger partial charge in [-0.3, -0.25) is 9.88 Å². The summed E-state index contributed by atoms with van der Waals surface area (Å²) in [5.74, 6) is 0.914. The zero-order valence-electron chi connectivity index (χ0n) is 19.0. The van der Waals surface area contributed by atoms with Crippen LogP contribution >= 0.6 is 11.3 Å². The lowest BCUT2D eigenvalue weighted by Gasteiger charge is -2.41. The molecule has 1 fully saturated rings. The smallest absolute Gasteiger partial charge is 0.118 e. The number of aryl methyl sites for hydroxylation is 2. The van der Waals surface area contributed by atoms with E-state index in [1.54, 1.807) is 7.11 Å². The van der Waals surface area contributed by atoms with Gasteiger partial charge in [0.25, 0.3) is 0 Å². The highest BCUT2D eigenvalue weighted by Gasteiger charge is 2.29. The van der Waals surface area contributed by atoms with Crippen LogP contribution in [0, 0.1) is 6.92 Å². The van der Waals surface area contributed by atoms with E-state index in [2.05, 4.69) is 60.2 Å². The second kappa shape index (κ2) is 9.04. The summed E-state index contributed by atoms with van der Waals surface area (Å²) < 4.78 is 5.30. The number of thiazole rings is 1. The number of rotatable bonds is 5. The standard InChI is InChI=1S/C26H30N4OS/c1-18-28-25-23(32-18)13-9-20-5-4-14-27-24(20)26(25)30-16-15-29(2)21(17-30)10-6-19-7-11-22(31-3)12-8-19/h4-5,7-9,11-12,14,21H,6,10,13,15-17H2,1-3H3. The molecule has 2 aliphatic rings. The number of ether oxygens (including phenoxy) is 1. The Morgan fingerprint density at radius 1 is 1.16 bits per heavy atom. The fourth-order valence-corrected chi connectivity index (χ4v) is 5.67. The maximum Gasteiger partial charge on any atom is 0.118 e. The van der Waals surface area contributed by atoms with Crippen molar-refractivity contribution in [3.05, 3.63) is 74.3 Å². The number of likely N-dealkylation sites (N-methyl/N-ethyl adjacent to an activating group) is 1. The topological polar surface area (TPSA) is 41.5 Å². The molecule has 1 unspecified atom stereocenters. The van der Waals surface area contributed by atoms with Gasteiger partial charge in [0.1, 0.15) is 11.4 Å². The van der Waals surface area contributed by atoms with Crippen molar-refractivity contribution in [3.8, 4) is 5.75 Å². The molecule has 5 rings (SSSR count). The summed E-state index contributed by atoms with van der Waals surface area (Å²) in [6.07, 6.45) is 7.33. The molecule has 32 heavy (non-hydrogen) atoms. The second-order valence-electron chi connectivity index (χ2n) is 8.67. The minimum atomic E-state index is 0.487. The predicted octanol–water partition coefficient (Wildman–Crippen LogP) is 2.60. The lowest BCUT2D eigenvalue weighted by molar-refractivity contribution is 0.127. The fraction of sp³-hybridized carbons (Fsp3) is 0.385. The molecule has 0 saturated carbocycles. The Labute approximate surface area is 193 Å². The van der Waals surface area contributed by atoms with Gasteiger partial charge in [-0.2, -0.15) is 0 Å². The molecular weight excluding hydrogens is 416 g/mol. The predicted molar refractivity (Wildman–Crippen MR) is 130 cm³/mol. The van der Waals surface area contributed by atoms with Gasteiger partial charge >= 0.3 is 0 Å². The van der Waals surface area contributed by atoms with E-state index in [-0.39, 0.29) is 0 Å². The summed E-state index contributed by atoms with van der Waals surface area (Å²) >= 11 is 1.82. The van der Waals surface area contributed by atoms with Crippen LogP contribution in [0.15, 0.2) is 42.6 Å². The highest BCUT2D eigenvalue weighted by molar-refractivity contribution is 7.11. The van der Waals surface area contributed by atoms with Crippen molar-refractivity contribution in [1.29, 1.82) is 0 Å². The van der Waals surface area contributed by atoms with Gasteiger partial charge in [0.05, 0.1) is 23.2 Å². The number of nitrogens with zero attached hydrogens (tertiary/aromatic N) is 4. The molecule has 5 nitrogen and oxygen atoms in total. The first-order valence-corrected chi connectivity index (χ1v) is 12.1. The summed E-state index contributed by atoms with van der Waals surface area (Å²) in [6, 6.07) is 13.2. The highest BCUT2D eigenvalue weighted by atomic mass is 32.1. The molecule has 3 heterocycles. The monoisotopic (exact) mass is 446 g/mol. The van der Waals surface area contributed by atoms with Crippen molar-refractivity contribution < 1.29 is 4.74 Å². The summed E-state index contributed by atoms with van der Waals surface area (Å²) in [5, 5.41) is 3.43. The van der Waals surface area contributed by atoms with Gasteiger partial charge in [0, 0.05) is 43.2 Å². The van der Waals surface area contributed by atoms with Crippen LogP contribution in [-0.2, 0) is 12.8 Å². The van der Waals surface area contributed by atoms with E-state index in [9.17, 15) is 0 Å². The Bertz CT molecular complexity index is 1220. The van der Waals surface area contributed by atoms with Crippen molar-refractivity contribution in [2.75, 3.05) is 33.8 Å². The number of hydrogen-bond donors (Lipinski definition) is 0. The summed E-state index contributed by atoms with van der Waals surface area (Å²) in [6.45, 7) is 5.14. The van der Waals surface area contributed by atoms with Gasteiger partial charge in [-0.15, -0.1) is 11.3 Å². The summed E-state index contributed by atoms with van der Waals surface area (Å²) in [4.78, 5) is 16.2. The van der Waals surface area contributed by atoms with E-state index in [4.69, 9.17) is 14.7 Å². The first kappa shape index (κ1) is 21.2. The molecule has 166 valence electrons. The molecule has 3 aromatic rings. The second-order valence-corrected chi connectivity index (χ2v) is 9.96. The van der Waals surface area contributed by atoms with Crippen LogP contribution in [0.25, 0.3) is 11.8 Å². The first-order chi connectivity index (χ1) is 15.6. The van der Waals surface area contributed by atoms with E-state index in [0.717, 1.165) is 60.7 Å². The van der Waals surface area contributed by atoms with Crippen LogP contribution < -0.4 is 15.3 Å². The number of benzene rings is 1. The number of hydrogen-bond acceptors (Lipinski definition) is 6. The van der Waals surface area contributed by atoms with Gasteiger partial charge in [-0.1, -0.05) is 24.3 Å². The Hall–Kier alpha value is -2.70. The number of fused-ring (bicyclic) bond motifs is 2. The largest absolute Gasteiger partial charge is 0.497 e. The summed E-state index contributed by atoms with van der Waals surface area (Å²) in [7, 11) is 3.97. The normalized spacial score (nSPS) is 18.5. The number of piperazine rings is 1. The lowest BCUT2D eigenvalue weighted by atomic mass is 10.0. The number of aromatic nitrogens is 2. The third kappa shape index (κ3) is 4.17. The van der Waals surface area contributed by atoms with Crippen molar-refractivity contribution in [2.24, 2.45) is 0 Å². The molecule has 1 aromatic carbocycles. The van der Waals surface area contributed by atoms with Crippen LogP contribution in [0.5, 0.6) is 5.75 Å². The molecule has 0 radical (unpaired) electrons. The van der Waals surface area contributed by atoms with E-state index < -0.39 is 0 Å². The third-order valence-electron chi connectivity index (χ3n) is 6.62. The van der Waals surface area contributed by atoms with Crippen LogP contribution in [-0.4, -0.2) is 59.6 Å². The molecule has 6 heteroatoms. The van der Waals surface area contributed by atoms with E-state index >= 15 is 0 Å². The molecule has 0 spiro atoms. The molecule has 1 saturated heterocycles. The van der Waals surface area contributed by atoms with Gasteiger partial charge in [-0.25, -0.2) is 4.98 Å². The van der Waals surface area contributed by atoms with E-state index in [1.165, 1.54) is 21.4 Å². The SMILES string of the molecule is COc1ccc(CCC2CN(C3=c4ncccc4=CCc4sc(C)nc43)CCN2C)cc1. The van der Waals surface area contributed by atoms with Crippen molar-refractivity contribution >= 4 is 23.1 Å². The van der Waals surface area contributed by atoms with E-state index in [1.807, 2.05) is 23.6 Å². The lowest BCUT2D eigenvalue weighted by Crippen LogP contribution is -2.52.